The van der Waals surface area contributed by atoms with E-state index in [2.05, 4.69) is 10.0 Å². The number of ether oxygens (including phenoxy) is 1. The van der Waals surface area contributed by atoms with Crippen molar-refractivity contribution in [3.05, 3.63) is 71.1 Å². The zero-order valence-electron chi connectivity index (χ0n) is 14.8. The lowest BCUT2D eigenvalue weighted by atomic mass is 9.96. The second-order valence-electron chi connectivity index (χ2n) is 6.22. The molecule has 0 aromatic heterocycles. The largest absolute Gasteiger partial charge is 0.390 e. The number of azide groups is 1. The van der Waals surface area contributed by atoms with Gasteiger partial charge in [0.2, 0.25) is 0 Å². The zero-order valence-corrected chi connectivity index (χ0v) is 16.4. The summed E-state index contributed by atoms with van der Waals surface area (Å²) < 4.78 is 18.9. The predicted octanol–water partition coefficient (Wildman–Crippen LogP) is 4.03. The number of alkyl halides is 1. The number of nitrogens with zero attached hydrogens (tertiary/aromatic N) is 3. The molecule has 5 atom stereocenters. The molecule has 2 aromatic rings. The van der Waals surface area contributed by atoms with Crippen molar-refractivity contribution in [3.63, 3.8) is 0 Å². The van der Waals surface area contributed by atoms with Crippen LogP contribution in [0.2, 0.25) is 0 Å². The highest BCUT2D eigenvalue weighted by atomic mass is 32.2. The Balaban J connectivity index is 1.82. The molecule has 0 radical (unpaired) electrons. The molecule has 1 aliphatic heterocycles. The summed E-state index contributed by atoms with van der Waals surface area (Å²) >= 11 is 2.85. The second kappa shape index (κ2) is 10.2. The summed E-state index contributed by atoms with van der Waals surface area (Å²) in [7, 11) is 0. The fourth-order valence-corrected chi connectivity index (χ4v) is 5.51. The van der Waals surface area contributed by atoms with Crippen molar-refractivity contribution in [1.82, 2.24) is 0 Å². The lowest BCUT2D eigenvalue weighted by molar-refractivity contribution is -0.152. The number of hydrogen-bond donors (Lipinski definition) is 2. The van der Waals surface area contributed by atoms with E-state index in [1.54, 1.807) is 0 Å². The summed E-state index contributed by atoms with van der Waals surface area (Å²) in [6, 6.07) is 17.8. The van der Waals surface area contributed by atoms with E-state index in [4.69, 9.17) is 10.3 Å². The molecule has 28 heavy (non-hydrogen) atoms. The van der Waals surface area contributed by atoms with Crippen LogP contribution in [0.5, 0.6) is 0 Å². The maximum absolute atomic E-state index is 14.0. The van der Waals surface area contributed by atoms with Gasteiger partial charge in [-0.05, 0) is 29.8 Å². The molecule has 2 aromatic carbocycles. The maximum atomic E-state index is 14.0. The first-order valence-corrected chi connectivity index (χ1v) is 10.5. The standard InChI is InChI=1S/C19H20FN3O3S2/c20-14-11-26-18(16(24)15(14)22-23-21)17(25)19(27-12-7-3-1-4-8-12)28-13-9-5-2-6-10-13/h1-10,14-19,24-25H,11H2/t14-,15-,16-,17-,18-/m1/s1. The summed E-state index contributed by atoms with van der Waals surface area (Å²) in [4.78, 5) is 4.49. The van der Waals surface area contributed by atoms with E-state index in [9.17, 15) is 14.6 Å². The predicted molar refractivity (Wildman–Crippen MR) is 108 cm³/mol. The van der Waals surface area contributed by atoms with Gasteiger partial charge in [-0.2, -0.15) is 0 Å². The monoisotopic (exact) mass is 421 g/mol. The number of aliphatic hydroxyl groups excluding tert-OH is 2. The SMILES string of the molecule is [N-]=[N+]=N[C@H]1[C@@H](O)[C@H]([C@@H](O)C(Sc2ccccc2)Sc2ccccc2)OC[C@H]1F. The molecule has 1 saturated heterocycles. The lowest BCUT2D eigenvalue weighted by Gasteiger charge is -2.39. The van der Waals surface area contributed by atoms with Gasteiger partial charge in [-0.15, -0.1) is 23.5 Å². The van der Waals surface area contributed by atoms with Crippen molar-refractivity contribution >= 4 is 23.5 Å². The second-order valence-corrected chi connectivity index (χ2v) is 8.95. The van der Waals surface area contributed by atoms with Gasteiger partial charge in [0.05, 0.1) is 23.3 Å². The molecule has 9 heteroatoms. The van der Waals surface area contributed by atoms with E-state index in [-0.39, 0.29) is 6.61 Å². The third-order valence-corrected chi connectivity index (χ3v) is 6.98. The van der Waals surface area contributed by atoms with Crippen molar-refractivity contribution in [2.24, 2.45) is 5.11 Å². The van der Waals surface area contributed by atoms with Crippen LogP contribution in [0.25, 0.3) is 10.4 Å². The van der Waals surface area contributed by atoms with Gasteiger partial charge in [0, 0.05) is 14.7 Å². The molecule has 0 spiro atoms. The molecule has 148 valence electrons. The number of hydrogen-bond acceptors (Lipinski definition) is 6. The Hall–Kier alpha value is -1.74. The lowest BCUT2D eigenvalue weighted by Crippen LogP contribution is -2.56. The number of benzene rings is 2. The summed E-state index contributed by atoms with van der Waals surface area (Å²) in [5.74, 6) is 0. The van der Waals surface area contributed by atoms with Crippen LogP contribution in [0.4, 0.5) is 4.39 Å². The number of rotatable bonds is 7. The summed E-state index contributed by atoms with van der Waals surface area (Å²) in [5.41, 5.74) is 8.65. The van der Waals surface area contributed by atoms with Gasteiger partial charge >= 0.3 is 0 Å². The molecule has 0 unspecified atom stereocenters. The fourth-order valence-electron chi connectivity index (χ4n) is 2.89. The van der Waals surface area contributed by atoms with Crippen LogP contribution in [0, 0.1) is 0 Å². The van der Waals surface area contributed by atoms with Crippen molar-refractivity contribution in [2.75, 3.05) is 6.61 Å². The van der Waals surface area contributed by atoms with Crippen LogP contribution in [0.3, 0.4) is 0 Å². The summed E-state index contributed by atoms with van der Waals surface area (Å²) in [5, 5.41) is 24.8. The van der Waals surface area contributed by atoms with Crippen LogP contribution in [0.15, 0.2) is 75.6 Å². The number of aliphatic hydroxyl groups is 2. The molecular weight excluding hydrogens is 401 g/mol. The average molecular weight is 422 g/mol. The number of thioether (sulfide) groups is 2. The Morgan fingerprint density at radius 2 is 1.61 bits per heavy atom. The van der Waals surface area contributed by atoms with Gasteiger partial charge in [-0.1, -0.05) is 41.5 Å². The van der Waals surface area contributed by atoms with Crippen LogP contribution in [-0.2, 0) is 4.74 Å². The highest BCUT2D eigenvalue weighted by Crippen LogP contribution is 2.40. The molecule has 2 N–H and O–H groups in total. The molecule has 0 bridgehead atoms. The van der Waals surface area contributed by atoms with E-state index < -0.39 is 35.1 Å². The first-order chi connectivity index (χ1) is 13.6. The molecule has 1 fully saturated rings. The van der Waals surface area contributed by atoms with Crippen molar-refractivity contribution in [2.45, 2.75) is 44.9 Å². The molecule has 6 nitrogen and oxygen atoms in total. The van der Waals surface area contributed by atoms with Gasteiger partial charge in [0.25, 0.3) is 0 Å². The Kier molecular flexibility index (Phi) is 7.61. The minimum atomic E-state index is -1.61. The van der Waals surface area contributed by atoms with Crippen LogP contribution < -0.4 is 0 Å². The third kappa shape index (κ3) is 5.20. The Morgan fingerprint density at radius 1 is 1.07 bits per heavy atom. The average Bonchev–Trinajstić information content (AvgIpc) is 2.72. The van der Waals surface area contributed by atoms with Crippen molar-refractivity contribution in [1.29, 1.82) is 0 Å². The summed E-state index contributed by atoms with van der Waals surface area (Å²) in [6.07, 6.45) is -5.25. The van der Waals surface area contributed by atoms with Crippen molar-refractivity contribution < 1.29 is 19.3 Å². The normalized spacial score (nSPS) is 25.9. The molecule has 0 aliphatic carbocycles. The van der Waals surface area contributed by atoms with Gasteiger partial charge in [0.15, 0.2) is 0 Å². The van der Waals surface area contributed by atoms with E-state index in [0.29, 0.717) is 0 Å². The van der Waals surface area contributed by atoms with Crippen LogP contribution >= 0.6 is 23.5 Å². The van der Waals surface area contributed by atoms with Gasteiger partial charge in [0.1, 0.15) is 18.4 Å². The highest BCUT2D eigenvalue weighted by Gasteiger charge is 2.45. The van der Waals surface area contributed by atoms with Gasteiger partial charge in [-0.25, -0.2) is 4.39 Å². The molecule has 0 amide bonds. The van der Waals surface area contributed by atoms with Crippen molar-refractivity contribution in [3.8, 4) is 0 Å². The first kappa shape index (κ1) is 21.0. The first-order valence-electron chi connectivity index (χ1n) is 8.69. The number of halogens is 1. The quantitative estimate of drug-likeness (QED) is 0.231. The van der Waals surface area contributed by atoms with Gasteiger partial charge in [-0.3, -0.25) is 0 Å². The van der Waals surface area contributed by atoms with E-state index in [1.807, 2.05) is 60.7 Å². The minimum Gasteiger partial charge on any atom is -0.390 e. The Morgan fingerprint density at radius 3 is 2.11 bits per heavy atom. The molecule has 1 aliphatic rings. The van der Waals surface area contributed by atoms with E-state index in [0.717, 1.165) is 9.79 Å². The molecule has 3 rings (SSSR count). The van der Waals surface area contributed by atoms with E-state index >= 15 is 0 Å². The summed E-state index contributed by atoms with van der Waals surface area (Å²) in [6.45, 7) is -0.346. The zero-order chi connectivity index (χ0) is 19.9. The smallest absolute Gasteiger partial charge is 0.134 e. The van der Waals surface area contributed by atoms with E-state index in [1.165, 1.54) is 23.5 Å². The highest BCUT2D eigenvalue weighted by molar-refractivity contribution is 8.17. The molecule has 1 heterocycles. The third-order valence-electron chi connectivity index (χ3n) is 4.30. The Bertz CT molecular complexity index is 754. The van der Waals surface area contributed by atoms with Gasteiger partial charge < -0.3 is 14.9 Å². The topological polar surface area (TPSA) is 98.5 Å². The maximum Gasteiger partial charge on any atom is 0.134 e. The molecular formula is C19H20FN3O3S2. The minimum absolute atomic E-state index is 0.346. The van der Waals surface area contributed by atoms with Crippen LogP contribution in [0.1, 0.15) is 0 Å². The fraction of sp³-hybridized carbons (Fsp3) is 0.368. The molecule has 0 saturated carbocycles. The Labute approximate surface area is 170 Å². The van der Waals surface area contributed by atoms with Crippen LogP contribution in [-0.4, -0.2) is 51.9 Å².